The van der Waals surface area contributed by atoms with Crippen LogP contribution in [0.5, 0.6) is 5.75 Å². The molecule has 0 saturated carbocycles. The summed E-state index contributed by atoms with van der Waals surface area (Å²) in [4.78, 5) is 38.6. The SMILES string of the molecule is CCOC(=O)c1c(NC(=O)C(=O)N/N=C\c2ccc(OCc3ccc(C)cc3)cc2)sc2c1CC[C@H](C)C2. The number of hydrogen-bond donors (Lipinski definition) is 2. The van der Waals surface area contributed by atoms with Gasteiger partial charge in [0.1, 0.15) is 17.4 Å². The average Bonchev–Trinajstić information content (AvgIpc) is 3.26. The molecule has 1 atom stereocenters. The molecule has 8 nitrogen and oxygen atoms in total. The normalized spacial score (nSPS) is 14.6. The standard InChI is InChI=1S/C29H31N3O5S/c1-4-36-29(35)25-23-14-7-19(3)15-24(23)38-28(25)31-26(33)27(34)32-30-16-20-10-12-22(13-11-20)37-17-21-8-5-18(2)6-9-21/h5-6,8-13,16,19H,4,7,14-15,17H2,1-3H3,(H,31,33)(H,32,34)/b30-16-/t19-/m0/s1. The van der Waals surface area contributed by atoms with Gasteiger partial charge < -0.3 is 14.8 Å². The molecule has 3 aromatic rings. The Kier molecular flexibility index (Phi) is 8.91. The molecule has 0 bridgehead atoms. The van der Waals surface area contributed by atoms with Crippen molar-refractivity contribution in [2.75, 3.05) is 11.9 Å². The van der Waals surface area contributed by atoms with Crippen LogP contribution >= 0.6 is 11.3 Å². The van der Waals surface area contributed by atoms with Crippen molar-refractivity contribution in [3.63, 3.8) is 0 Å². The molecule has 0 aliphatic heterocycles. The number of nitrogens with one attached hydrogen (secondary N) is 2. The van der Waals surface area contributed by atoms with E-state index in [1.807, 2.05) is 31.2 Å². The fourth-order valence-electron chi connectivity index (χ4n) is 4.14. The van der Waals surface area contributed by atoms with Crippen LogP contribution in [0.2, 0.25) is 0 Å². The Morgan fingerprint density at radius 3 is 2.53 bits per heavy atom. The van der Waals surface area contributed by atoms with Crippen molar-refractivity contribution in [1.82, 2.24) is 5.43 Å². The van der Waals surface area contributed by atoms with Crippen LogP contribution in [0.3, 0.4) is 0 Å². The van der Waals surface area contributed by atoms with E-state index in [1.165, 1.54) is 23.1 Å². The van der Waals surface area contributed by atoms with Gasteiger partial charge in [-0.2, -0.15) is 5.10 Å². The molecule has 38 heavy (non-hydrogen) atoms. The number of benzene rings is 2. The third kappa shape index (κ3) is 6.86. The van der Waals surface area contributed by atoms with Gasteiger partial charge in [0.15, 0.2) is 0 Å². The van der Waals surface area contributed by atoms with E-state index >= 15 is 0 Å². The predicted octanol–water partition coefficient (Wildman–Crippen LogP) is 5.03. The number of fused-ring (bicyclic) bond motifs is 1. The summed E-state index contributed by atoms with van der Waals surface area (Å²) < 4.78 is 11.0. The van der Waals surface area contributed by atoms with Crippen LogP contribution in [0.1, 0.15) is 57.8 Å². The molecule has 9 heteroatoms. The van der Waals surface area contributed by atoms with Gasteiger partial charge in [-0.05, 0) is 80.0 Å². The van der Waals surface area contributed by atoms with E-state index in [-0.39, 0.29) is 6.61 Å². The lowest BCUT2D eigenvalue weighted by atomic mass is 9.88. The minimum atomic E-state index is -0.936. The Hall–Kier alpha value is -3.98. The van der Waals surface area contributed by atoms with Gasteiger partial charge in [-0.25, -0.2) is 10.2 Å². The lowest BCUT2D eigenvalue weighted by molar-refractivity contribution is -0.136. The molecule has 1 aliphatic rings. The number of amides is 2. The number of hydrogen-bond acceptors (Lipinski definition) is 7. The van der Waals surface area contributed by atoms with Crippen molar-refractivity contribution in [2.45, 2.75) is 46.6 Å². The van der Waals surface area contributed by atoms with Crippen LogP contribution in [-0.4, -0.2) is 30.6 Å². The summed E-state index contributed by atoms with van der Waals surface area (Å²) in [5, 5.41) is 6.81. The minimum absolute atomic E-state index is 0.224. The molecule has 0 fully saturated rings. The molecule has 1 heterocycles. The molecular weight excluding hydrogens is 502 g/mol. The largest absolute Gasteiger partial charge is 0.489 e. The average molecular weight is 534 g/mol. The molecule has 0 unspecified atom stereocenters. The number of esters is 1. The van der Waals surface area contributed by atoms with Crippen molar-refractivity contribution in [2.24, 2.45) is 11.0 Å². The van der Waals surface area contributed by atoms with Crippen LogP contribution in [0.15, 0.2) is 53.6 Å². The number of thiophene rings is 1. The van der Waals surface area contributed by atoms with Crippen molar-refractivity contribution >= 4 is 40.3 Å². The van der Waals surface area contributed by atoms with Gasteiger partial charge in [-0.1, -0.05) is 36.8 Å². The highest BCUT2D eigenvalue weighted by Gasteiger charge is 2.30. The van der Waals surface area contributed by atoms with Crippen LogP contribution in [-0.2, 0) is 33.8 Å². The minimum Gasteiger partial charge on any atom is -0.489 e. The second-order valence-corrected chi connectivity index (χ2v) is 10.4. The van der Waals surface area contributed by atoms with E-state index in [4.69, 9.17) is 9.47 Å². The third-order valence-corrected chi connectivity index (χ3v) is 7.38. The predicted molar refractivity (Wildman–Crippen MR) is 148 cm³/mol. The van der Waals surface area contributed by atoms with Crippen molar-refractivity contribution in [1.29, 1.82) is 0 Å². The zero-order valence-corrected chi connectivity index (χ0v) is 22.5. The quantitative estimate of drug-likeness (QED) is 0.183. The lowest BCUT2D eigenvalue weighted by Crippen LogP contribution is -2.32. The smallest absolute Gasteiger partial charge is 0.341 e. The first-order valence-electron chi connectivity index (χ1n) is 12.6. The van der Waals surface area contributed by atoms with Crippen molar-refractivity contribution < 1.29 is 23.9 Å². The number of carbonyl (C=O) groups excluding carboxylic acids is 3. The van der Waals surface area contributed by atoms with Crippen LogP contribution < -0.4 is 15.5 Å². The van der Waals surface area contributed by atoms with Gasteiger partial charge in [0.05, 0.1) is 18.4 Å². The molecule has 0 radical (unpaired) electrons. The number of hydrazone groups is 1. The lowest BCUT2D eigenvalue weighted by Gasteiger charge is -2.18. The maximum Gasteiger partial charge on any atom is 0.341 e. The second-order valence-electron chi connectivity index (χ2n) is 9.27. The Labute approximate surface area is 226 Å². The summed E-state index contributed by atoms with van der Waals surface area (Å²) in [5.41, 5.74) is 6.49. The molecule has 2 N–H and O–H groups in total. The van der Waals surface area contributed by atoms with Gasteiger partial charge in [0, 0.05) is 4.88 Å². The number of ether oxygens (including phenoxy) is 2. The Balaban J connectivity index is 1.32. The van der Waals surface area contributed by atoms with E-state index in [0.29, 0.717) is 28.8 Å². The summed E-state index contributed by atoms with van der Waals surface area (Å²) >= 11 is 1.33. The van der Waals surface area contributed by atoms with Crippen LogP contribution in [0.25, 0.3) is 0 Å². The zero-order chi connectivity index (χ0) is 27.1. The van der Waals surface area contributed by atoms with Gasteiger partial charge >= 0.3 is 17.8 Å². The molecule has 0 spiro atoms. The first-order valence-corrected chi connectivity index (χ1v) is 13.4. The van der Waals surface area contributed by atoms with Crippen LogP contribution in [0, 0.1) is 12.8 Å². The molecule has 198 valence electrons. The molecule has 2 amide bonds. The Morgan fingerprint density at radius 1 is 1.08 bits per heavy atom. The fourth-order valence-corrected chi connectivity index (χ4v) is 5.53. The van der Waals surface area contributed by atoms with Gasteiger partial charge in [0.2, 0.25) is 0 Å². The number of nitrogens with zero attached hydrogens (tertiary/aromatic N) is 1. The number of carbonyl (C=O) groups is 3. The Morgan fingerprint density at radius 2 is 1.82 bits per heavy atom. The van der Waals surface area contributed by atoms with Gasteiger partial charge in [-0.3, -0.25) is 9.59 Å². The molecule has 0 saturated heterocycles. The summed E-state index contributed by atoms with van der Waals surface area (Å²) in [5.74, 6) is -1.13. The summed E-state index contributed by atoms with van der Waals surface area (Å²) in [7, 11) is 0. The van der Waals surface area contributed by atoms with Crippen LogP contribution in [0.4, 0.5) is 5.00 Å². The Bertz CT molecular complexity index is 1330. The maximum absolute atomic E-state index is 12.6. The van der Waals surface area contributed by atoms with E-state index < -0.39 is 17.8 Å². The first kappa shape index (κ1) is 27.1. The highest BCUT2D eigenvalue weighted by molar-refractivity contribution is 7.17. The van der Waals surface area contributed by atoms with E-state index in [9.17, 15) is 14.4 Å². The molecule has 2 aromatic carbocycles. The van der Waals surface area contributed by atoms with Gasteiger partial charge in [-0.15, -0.1) is 11.3 Å². The molecule has 1 aliphatic carbocycles. The first-order chi connectivity index (χ1) is 18.3. The second kappa shape index (κ2) is 12.5. The third-order valence-electron chi connectivity index (χ3n) is 6.21. The fraction of sp³-hybridized carbons (Fsp3) is 0.310. The summed E-state index contributed by atoms with van der Waals surface area (Å²) in [6, 6.07) is 15.3. The molecular formula is C29H31N3O5S. The highest BCUT2D eigenvalue weighted by Crippen LogP contribution is 2.40. The van der Waals surface area contributed by atoms with Crippen molar-refractivity contribution in [3.05, 3.63) is 81.2 Å². The van der Waals surface area contributed by atoms with E-state index in [2.05, 4.69) is 22.8 Å². The maximum atomic E-state index is 12.6. The topological polar surface area (TPSA) is 106 Å². The van der Waals surface area contributed by atoms with Crippen molar-refractivity contribution in [3.8, 4) is 5.75 Å². The highest BCUT2D eigenvalue weighted by atomic mass is 32.1. The van der Waals surface area contributed by atoms with Gasteiger partial charge in [0.25, 0.3) is 0 Å². The number of aryl methyl sites for hydroxylation is 1. The number of rotatable bonds is 8. The molecule has 1 aromatic heterocycles. The summed E-state index contributed by atoms with van der Waals surface area (Å²) in [6.45, 7) is 6.61. The molecule has 4 rings (SSSR count). The van der Waals surface area contributed by atoms with E-state index in [0.717, 1.165) is 40.8 Å². The zero-order valence-electron chi connectivity index (χ0n) is 21.7. The summed E-state index contributed by atoms with van der Waals surface area (Å²) in [6.07, 6.45) is 3.96. The van der Waals surface area contributed by atoms with E-state index in [1.54, 1.807) is 31.2 Å². The monoisotopic (exact) mass is 533 g/mol. The number of anilines is 1.